The third-order valence-electron chi connectivity index (χ3n) is 6.49. The van der Waals surface area contributed by atoms with E-state index in [4.69, 9.17) is 9.47 Å². The zero-order valence-electron chi connectivity index (χ0n) is 22.0. The van der Waals surface area contributed by atoms with Gasteiger partial charge in [0.05, 0.1) is 12.0 Å². The van der Waals surface area contributed by atoms with Crippen molar-refractivity contribution in [2.24, 2.45) is 0 Å². The quantitative estimate of drug-likeness (QED) is 0.271. The number of carbonyl (C=O) groups is 1. The van der Waals surface area contributed by atoms with Crippen LogP contribution in [0.1, 0.15) is 23.7 Å². The molecular formula is C30H30N2O6S. The fourth-order valence-electron chi connectivity index (χ4n) is 4.42. The van der Waals surface area contributed by atoms with Crippen molar-refractivity contribution in [3.63, 3.8) is 0 Å². The van der Waals surface area contributed by atoms with E-state index in [1.807, 2.05) is 55.5 Å². The lowest BCUT2D eigenvalue weighted by molar-refractivity contribution is -0.138. The van der Waals surface area contributed by atoms with Crippen molar-refractivity contribution in [3.8, 4) is 23.3 Å². The first-order valence-corrected chi connectivity index (χ1v) is 13.8. The van der Waals surface area contributed by atoms with Crippen molar-refractivity contribution in [2.45, 2.75) is 37.8 Å². The van der Waals surface area contributed by atoms with Crippen LogP contribution in [0.4, 0.5) is 0 Å². The van der Waals surface area contributed by atoms with Gasteiger partial charge in [0.2, 0.25) is 10.0 Å². The van der Waals surface area contributed by atoms with Crippen LogP contribution in [-0.4, -0.2) is 43.8 Å². The number of hydrogen-bond acceptors (Lipinski definition) is 5. The molecule has 0 radical (unpaired) electrons. The van der Waals surface area contributed by atoms with Gasteiger partial charge in [-0.25, -0.2) is 8.42 Å². The highest BCUT2D eigenvalue weighted by Crippen LogP contribution is 2.29. The first kappa shape index (κ1) is 27.8. The Hall–Kier alpha value is -4.26. The van der Waals surface area contributed by atoms with E-state index in [0.717, 1.165) is 33.5 Å². The van der Waals surface area contributed by atoms with Crippen LogP contribution in [0.5, 0.6) is 11.5 Å². The second-order valence-corrected chi connectivity index (χ2v) is 10.6. The first-order chi connectivity index (χ1) is 18.7. The minimum atomic E-state index is -4.11. The van der Waals surface area contributed by atoms with Gasteiger partial charge in [-0.1, -0.05) is 36.3 Å². The number of aromatic nitrogens is 1. The standard InChI is InChI=1S/C30H30N2O6S/c1-4-5-18-38-24-14-16-25(17-15-24)39(35,36)31-28(30(33)34)19-27-21(2)32(29-9-7-6-8-26(27)29)20-22-10-12-23(37-3)13-11-22/h6-17,28,31H,18-20H2,1-3H3,(H,33,34)/t28-/m0/s1. The Morgan fingerprint density at radius 3 is 2.33 bits per heavy atom. The third-order valence-corrected chi connectivity index (χ3v) is 7.97. The molecule has 202 valence electrons. The van der Waals surface area contributed by atoms with Gasteiger partial charge in [0.25, 0.3) is 0 Å². The van der Waals surface area contributed by atoms with Crippen LogP contribution in [0.15, 0.2) is 77.7 Å². The average molecular weight is 547 g/mol. The number of hydrogen-bond donors (Lipinski definition) is 2. The van der Waals surface area contributed by atoms with Gasteiger partial charge in [-0.3, -0.25) is 4.79 Å². The van der Waals surface area contributed by atoms with Crippen LogP contribution < -0.4 is 14.2 Å². The van der Waals surface area contributed by atoms with Crippen molar-refractivity contribution in [1.82, 2.24) is 9.29 Å². The number of nitrogens with zero attached hydrogens (tertiary/aromatic N) is 1. The zero-order valence-corrected chi connectivity index (χ0v) is 22.8. The summed E-state index contributed by atoms with van der Waals surface area (Å²) in [5.41, 5.74) is 3.64. The summed E-state index contributed by atoms with van der Waals surface area (Å²) in [6, 6.07) is 19.9. The number of benzene rings is 3. The highest BCUT2D eigenvalue weighted by Gasteiger charge is 2.28. The molecule has 0 aliphatic heterocycles. The number of nitrogens with one attached hydrogen (secondary N) is 1. The highest BCUT2D eigenvalue weighted by molar-refractivity contribution is 7.89. The predicted octanol–water partition coefficient (Wildman–Crippen LogP) is 4.38. The number of carboxylic acids is 1. The summed E-state index contributed by atoms with van der Waals surface area (Å²) in [5, 5.41) is 10.9. The molecule has 0 bridgehead atoms. The van der Waals surface area contributed by atoms with Crippen molar-refractivity contribution in [3.05, 3.63) is 89.6 Å². The van der Waals surface area contributed by atoms with E-state index in [0.29, 0.717) is 12.3 Å². The van der Waals surface area contributed by atoms with E-state index in [1.165, 1.54) is 24.3 Å². The Morgan fingerprint density at radius 2 is 1.69 bits per heavy atom. The summed E-state index contributed by atoms with van der Waals surface area (Å²) in [6.07, 6.45) is -0.0204. The summed E-state index contributed by atoms with van der Waals surface area (Å²) < 4.78 is 41.4. The van der Waals surface area contributed by atoms with E-state index in [-0.39, 0.29) is 17.9 Å². The molecule has 3 aromatic carbocycles. The first-order valence-electron chi connectivity index (χ1n) is 12.3. The van der Waals surface area contributed by atoms with Crippen molar-refractivity contribution in [2.75, 3.05) is 13.7 Å². The van der Waals surface area contributed by atoms with Crippen molar-refractivity contribution in [1.29, 1.82) is 0 Å². The average Bonchev–Trinajstić information content (AvgIpc) is 3.19. The third kappa shape index (κ3) is 6.42. The number of rotatable bonds is 11. The molecule has 1 atom stereocenters. The Labute approximate surface area is 228 Å². The number of ether oxygens (including phenoxy) is 2. The van der Waals surface area contributed by atoms with Gasteiger partial charge in [0, 0.05) is 29.6 Å². The van der Waals surface area contributed by atoms with E-state index in [2.05, 4.69) is 21.1 Å². The summed E-state index contributed by atoms with van der Waals surface area (Å²) >= 11 is 0. The molecule has 4 aromatic rings. The lowest BCUT2D eigenvalue weighted by Gasteiger charge is -2.16. The molecule has 0 spiro atoms. The number of carboxylic acid groups (broad SMARTS) is 1. The Morgan fingerprint density at radius 1 is 1.03 bits per heavy atom. The topological polar surface area (TPSA) is 107 Å². The van der Waals surface area contributed by atoms with Gasteiger partial charge in [-0.15, -0.1) is 5.92 Å². The molecule has 1 heterocycles. The Balaban J connectivity index is 1.60. The van der Waals surface area contributed by atoms with Gasteiger partial charge in [0.15, 0.2) is 0 Å². The van der Waals surface area contributed by atoms with Crippen molar-refractivity contribution >= 4 is 26.9 Å². The van der Waals surface area contributed by atoms with Gasteiger partial charge in [-0.05, 0) is 67.4 Å². The number of fused-ring (bicyclic) bond motifs is 1. The SMILES string of the molecule is CC#CCOc1ccc(S(=O)(=O)N[C@@H](Cc2c(C)n(Cc3ccc(OC)cc3)c3ccccc23)C(=O)O)cc1. The van der Waals surface area contributed by atoms with Crippen LogP contribution in [0.3, 0.4) is 0 Å². The molecule has 0 saturated heterocycles. The smallest absolute Gasteiger partial charge is 0.322 e. The fraction of sp³-hybridized carbons (Fsp3) is 0.233. The Kier molecular flexibility index (Phi) is 8.59. The molecular weight excluding hydrogens is 516 g/mol. The molecule has 1 aromatic heterocycles. The molecule has 0 amide bonds. The molecule has 0 saturated carbocycles. The summed E-state index contributed by atoms with van der Waals surface area (Å²) in [4.78, 5) is 12.2. The van der Waals surface area contributed by atoms with Crippen molar-refractivity contribution < 1.29 is 27.8 Å². The monoisotopic (exact) mass is 546 g/mol. The molecule has 2 N–H and O–H groups in total. The number of aliphatic carboxylic acids is 1. The second kappa shape index (κ2) is 12.1. The molecule has 0 aliphatic rings. The zero-order chi connectivity index (χ0) is 28.0. The molecule has 0 fully saturated rings. The molecule has 8 nitrogen and oxygen atoms in total. The number of sulfonamides is 1. The fourth-order valence-corrected chi connectivity index (χ4v) is 5.61. The molecule has 9 heteroatoms. The second-order valence-electron chi connectivity index (χ2n) is 8.92. The largest absolute Gasteiger partial charge is 0.497 e. The lowest BCUT2D eigenvalue weighted by atomic mass is 10.0. The van der Waals surface area contributed by atoms with Gasteiger partial charge < -0.3 is 19.1 Å². The summed E-state index contributed by atoms with van der Waals surface area (Å²) in [7, 11) is -2.50. The van der Waals surface area contributed by atoms with E-state index in [1.54, 1.807) is 14.0 Å². The maximum Gasteiger partial charge on any atom is 0.322 e. The maximum atomic E-state index is 13.1. The van der Waals surface area contributed by atoms with Crippen LogP contribution in [-0.2, 0) is 27.8 Å². The summed E-state index contributed by atoms with van der Waals surface area (Å²) in [6.45, 7) is 4.38. The lowest BCUT2D eigenvalue weighted by Crippen LogP contribution is -2.42. The summed E-state index contributed by atoms with van der Waals surface area (Å²) in [5.74, 6) is 5.45. The molecule has 0 aliphatic carbocycles. The highest BCUT2D eigenvalue weighted by atomic mass is 32.2. The number of methoxy groups -OCH3 is 1. The van der Waals surface area contributed by atoms with E-state index >= 15 is 0 Å². The minimum Gasteiger partial charge on any atom is -0.497 e. The number of para-hydroxylation sites is 1. The van der Waals surface area contributed by atoms with Gasteiger partial charge in [-0.2, -0.15) is 4.72 Å². The minimum absolute atomic E-state index is 0.0204. The van der Waals surface area contributed by atoms with E-state index < -0.39 is 22.0 Å². The maximum absolute atomic E-state index is 13.1. The van der Waals surface area contributed by atoms with Crippen LogP contribution in [0.25, 0.3) is 10.9 Å². The normalized spacial score (nSPS) is 12.0. The molecule has 39 heavy (non-hydrogen) atoms. The Bertz CT molecular complexity index is 1630. The molecule has 4 rings (SSSR count). The molecule has 0 unspecified atom stereocenters. The van der Waals surface area contributed by atoms with Crippen LogP contribution >= 0.6 is 0 Å². The van der Waals surface area contributed by atoms with Gasteiger partial charge in [0.1, 0.15) is 24.1 Å². The van der Waals surface area contributed by atoms with Crippen LogP contribution in [0.2, 0.25) is 0 Å². The van der Waals surface area contributed by atoms with Gasteiger partial charge >= 0.3 is 5.97 Å². The predicted molar refractivity (Wildman–Crippen MR) is 150 cm³/mol. The van der Waals surface area contributed by atoms with Crippen LogP contribution in [0, 0.1) is 18.8 Å². The van der Waals surface area contributed by atoms with E-state index in [9.17, 15) is 18.3 Å².